The smallest absolute Gasteiger partial charge is 0.220 e. The molecule has 6 N–H and O–H groups in total. The van der Waals surface area contributed by atoms with E-state index in [2.05, 4.69) is 19.2 Å². The molecule has 0 aromatic rings. The quantitative estimate of drug-likeness (QED) is 0.0328. The van der Waals surface area contributed by atoms with Crippen LogP contribution in [0.5, 0.6) is 0 Å². The van der Waals surface area contributed by atoms with Crippen LogP contribution in [0.15, 0.2) is 12.2 Å². The molecule has 1 heterocycles. The highest BCUT2D eigenvalue weighted by molar-refractivity contribution is 5.76. The Hall–Kier alpha value is -1.07. The fourth-order valence-corrected chi connectivity index (χ4v) is 6.33. The Kier molecular flexibility index (Phi) is 28.8. The molecule has 0 aliphatic carbocycles. The van der Waals surface area contributed by atoms with Crippen LogP contribution in [0, 0.1) is 0 Å². The van der Waals surface area contributed by atoms with E-state index in [1.807, 2.05) is 6.08 Å². The molecule has 0 saturated carbocycles. The van der Waals surface area contributed by atoms with E-state index < -0.39 is 49.5 Å². The summed E-state index contributed by atoms with van der Waals surface area (Å²) in [4.78, 5) is 12.9. The predicted molar refractivity (Wildman–Crippen MR) is 194 cm³/mol. The van der Waals surface area contributed by atoms with Crippen LogP contribution in [0.3, 0.4) is 0 Å². The molecular weight excluding hydrogens is 610 g/mol. The van der Waals surface area contributed by atoms with E-state index in [0.717, 1.165) is 38.5 Å². The Balaban J connectivity index is 2.43. The molecule has 1 aliphatic heterocycles. The van der Waals surface area contributed by atoms with Crippen molar-refractivity contribution in [2.45, 2.75) is 217 Å². The maximum absolute atomic E-state index is 12.9. The van der Waals surface area contributed by atoms with Crippen LogP contribution in [0.25, 0.3) is 0 Å². The number of allylic oxidation sites excluding steroid dienone is 1. The SMILES string of the molecule is CCCCCCCCCCC/C=C/[C@@H](O)[C@H](CO[C@@H]1O[C@H](CO)[C@H](O)C(O)C1O)NC(=O)CCCCCCCCCCCCCCCC. The number of nitrogens with one attached hydrogen (secondary N) is 1. The fraction of sp³-hybridized carbons (Fsp3) is 0.923. The largest absolute Gasteiger partial charge is 0.394 e. The summed E-state index contributed by atoms with van der Waals surface area (Å²) in [5.74, 6) is -0.178. The van der Waals surface area contributed by atoms with E-state index >= 15 is 0 Å². The minimum Gasteiger partial charge on any atom is -0.394 e. The molecule has 1 rings (SSSR count). The van der Waals surface area contributed by atoms with E-state index in [-0.39, 0.29) is 12.5 Å². The number of amides is 1. The van der Waals surface area contributed by atoms with Crippen molar-refractivity contribution in [1.29, 1.82) is 0 Å². The third-order valence-electron chi connectivity index (χ3n) is 9.61. The van der Waals surface area contributed by atoms with Gasteiger partial charge in [-0.2, -0.15) is 0 Å². The number of carbonyl (C=O) groups is 1. The molecule has 0 spiro atoms. The maximum Gasteiger partial charge on any atom is 0.220 e. The third kappa shape index (κ3) is 21.9. The molecule has 284 valence electrons. The average molecular weight is 686 g/mol. The molecule has 7 atom stereocenters. The summed E-state index contributed by atoms with van der Waals surface area (Å²) in [5, 5.41) is 53.9. The number of aliphatic hydroxyl groups excluding tert-OH is 5. The molecule has 2 unspecified atom stereocenters. The number of aliphatic hydroxyl groups is 5. The van der Waals surface area contributed by atoms with Crippen LogP contribution in [0.1, 0.15) is 174 Å². The van der Waals surface area contributed by atoms with Gasteiger partial charge in [0, 0.05) is 6.42 Å². The van der Waals surface area contributed by atoms with E-state index in [9.17, 15) is 30.3 Å². The second kappa shape index (κ2) is 30.7. The zero-order valence-electron chi connectivity index (χ0n) is 30.7. The first kappa shape index (κ1) is 45.0. The van der Waals surface area contributed by atoms with Crippen LogP contribution in [0.2, 0.25) is 0 Å². The van der Waals surface area contributed by atoms with Gasteiger partial charge >= 0.3 is 0 Å². The summed E-state index contributed by atoms with van der Waals surface area (Å²) >= 11 is 0. The Bertz CT molecular complexity index is 766. The van der Waals surface area contributed by atoms with E-state index in [0.29, 0.717) is 6.42 Å². The van der Waals surface area contributed by atoms with E-state index in [1.54, 1.807) is 6.08 Å². The first-order valence-electron chi connectivity index (χ1n) is 19.9. The Morgan fingerprint density at radius 2 is 1.15 bits per heavy atom. The van der Waals surface area contributed by atoms with E-state index in [1.165, 1.54) is 116 Å². The van der Waals surface area contributed by atoms with Gasteiger partial charge in [-0.1, -0.05) is 161 Å². The number of unbranched alkanes of at least 4 members (excludes halogenated alkanes) is 22. The average Bonchev–Trinajstić information content (AvgIpc) is 3.08. The molecule has 0 radical (unpaired) electrons. The topological polar surface area (TPSA) is 149 Å². The lowest BCUT2D eigenvalue weighted by Crippen LogP contribution is -2.60. The molecule has 9 heteroatoms. The van der Waals surface area contributed by atoms with Crippen LogP contribution in [-0.2, 0) is 14.3 Å². The maximum atomic E-state index is 12.9. The van der Waals surface area contributed by atoms with Gasteiger partial charge in [0.05, 0.1) is 25.4 Å². The zero-order chi connectivity index (χ0) is 35.2. The van der Waals surface area contributed by atoms with Crippen molar-refractivity contribution < 1.29 is 39.8 Å². The van der Waals surface area contributed by atoms with Crippen LogP contribution < -0.4 is 5.32 Å². The van der Waals surface area contributed by atoms with Gasteiger partial charge in [-0.3, -0.25) is 4.79 Å². The Labute approximate surface area is 293 Å². The van der Waals surface area contributed by atoms with Gasteiger partial charge in [-0.25, -0.2) is 0 Å². The fourth-order valence-electron chi connectivity index (χ4n) is 6.33. The standard InChI is InChI=1S/C39H75NO8/c1-3-5-7-9-11-13-15-16-17-19-21-23-25-27-29-35(43)40-32(31-47-39-38(46)37(45)36(44)34(30-41)48-39)33(42)28-26-24-22-20-18-14-12-10-8-6-4-2/h26,28,32-34,36-39,41-42,44-46H,3-25,27,29-31H2,1-2H3,(H,40,43)/b28-26+/t32-,33+,34+,36-,37?,38?,39+/m0/s1. The summed E-state index contributed by atoms with van der Waals surface area (Å²) in [7, 11) is 0. The molecule has 48 heavy (non-hydrogen) atoms. The highest BCUT2D eigenvalue weighted by atomic mass is 16.7. The Morgan fingerprint density at radius 1 is 0.688 bits per heavy atom. The van der Waals surface area contributed by atoms with Gasteiger partial charge in [-0.15, -0.1) is 0 Å². The summed E-state index contributed by atoms with van der Waals surface area (Å²) < 4.78 is 11.2. The minimum atomic E-state index is -1.56. The third-order valence-corrected chi connectivity index (χ3v) is 9.61. The number of hydrogen-bond donors (Lipinski definition) is 6. The summed E-state index contributed by atoms with van der Waals surface area (Å²) in [5.41, 5.74) is 0. The van der Waals surface area contributed by atoms with Gasteiger partial charge in [0.25, 0.3) is 0 Å². The van der Waals surface area contributed by atoms with Crippen molar-refractivity contribution in [3.8, 4) is 0 Å². The number of ether oxygens (including phenoxy) is 2. The lowest BCUT2D eigenvalue weighted by atomic mass is 9.99. The minimum absolute atomic E-state index is 0.178. The summed E-state index contributed by atoms with van der Waals surface area (Å²) in [6.07, 6.45) is 25.3. The molecular formula is C39H75NO8. The summed E-state index contributed by atoms with van der Waals surface area (Å²) in [6.45, 7) is 3.74. The van der Waals surface area contributed by atoms with Gasteiger partial charge in [0.1, 0.15) is 24.4 Å². The lowest BCUT2D eigenvalue weighted by Gasteiger charge is -2.40. The first-order valence-corrected chi connectivity index (χ1v) is 19.9. The summed E-state index contributed by atoms with van der Waals surface area (Å²) in [6, 6.07) is -0.795. The second-order valence-electron chi connectivity index (χ2n) is 14.1. The lowest BCUT2D eigenvalue weighted by molar-refractivity contribution is -0.302. The number of carbonyl (C=O) groups excluding carboxylic acids is 1. The van der Waals surface area contributed by atoms with Crippen molar-refractivity contribution in [3.63, 3.8) is 0 Å². The molecule has 1 aliphatic rings. The molecule has 9 nitrogen and oxygen atoms in total. The predicted octanol–water partition coefficient (Wildman–Crippen LogP) is 7.00. The molecule has 1 amide bonds. The van der Waals surface area contributed by atoms with Crippen molar-refractivity contribution in [2.24, 2.45) is 0 Å². The number of rotatable bonds is 32. The van der Waals surface area contributed by atoms with Crippen LogP contribution in [0.4, 0.5) is 0 Å². The Morgan fingerprint density at radius 3 is 1.62 bits per heavy atom. The van der Waals surface area contributed by atoms with Crippen molar-refractivity contribution in [1.82, 2.24) is 5.32 Å². The molecule has 1 saturated heterocycles. The van der Waals surface area contributed by atoms with Crippen LogP contribution >= 0.6 is 0 Å². The highest BCUT2D eigenvalue weighted by Gasteiger charge is 2.44. The van der Waals surface area contributed by atoms with Gasteiger partial charge in [0.15, 0.2) is 6.29 Å². The van der Waals surface area contributed by atoms with Crippen LogP contribution in [-0.4, -0.2) is 87.5 Å². The molecule has 1 fully saturated rings. The highest BCUT2D eigenvalue weighted by Crippen LogP contribution is 2.22. The first-order chi connectivity index (χ1) is 23.3. The normalized spacial score (nSPS) is 22.7. The molecule has 0 aromatic heterocycles. The van der Waals surface area contributed by atoms with Crippen molar-refractivity contribution in [3.05, 3.63) is 12.2 Å². The number of hydrogen-bond acceptors (Lipinski definition) is 8. The van der Waals surface area contributed by atoms with Gasteiger partial charge in [-0.05, 0) is 19.3 Å². The van der Waals surface area contributed by atoms with Gasteiger partial charge in [0.2, 0.25) is 5.91 Å². The van der Waals surface area contributed by atoms with Gasteiger partial charge < -0.3 is 40.3 Å². The molecule has 0 bridgehead atoms. The van der Waals surface area contributed by atoms with Crippen molar-refractivity contribution in [2.75, 3.05) is 13.2 Å². The monoisotopic (exact) mass is 686 g/mol. The zero-order valence-corrected chi connectivity index (χ0v) is 30.7. The second-order valence-corrected chi connectivity index (χ2v) is 14.1. The van der Waals surface area contributed by atoms with Crippen molar-refractivity contribution >= 4 is 5.91 Å². The molecule has 0 aromatic carbocycles. The van der Waals surface area contributed by atoms with E-state index in [4.69, 9.17) is 9.47 Å².